The average molecular weight is 456 g/mol. The van der Waals surface area contributed by atoms with E-state index in [0.29, 0.717) is 33.1 Å². The molecule has 11 heteroatoms. The molecular weight excluding hydrogens is 443 g/mol. The molecule has 6 aromatic rings. The third-order valence-corrected chi connectivity index (χ3v) is 6.46. The second kappa shape index (κ2) is 7.35. The number of pyridine rings is 2. The summed E-state index contributed by atoms with van der Waals surface area (Å²) in [5.74, 6) is -0.122. The summed E-state index contributed by atoms with van der Waals surface area (Å²) in [6.07, 6.45) is 7.47. The first-order valence-corrected chi connectivity index (χ1v) is 10.7. The van der Waals surface area contributed by atoms with Crippen molar-refractivity contribution in [3.63, 3.8) is 0 Å². The lowest BCUT2D eigenvalue weighted by Gasteiger charge is -2.03. The highest BCUT2D eigenvalue weighted by atomic mass is 32.1. The first-order valence-electron chi connectivity index (χ1n) is 9.84. The van der Waals surface area contributed by atoms with Crippen LogP contribution in [0.25, 0.3) is 55.3 Å². The molecule has 0 radical (unpaired) electrons. The monoisotopic (exact) mass is 456 g/mol. The van der Waals surface area contributed by atoms with E-state index in [-0.39, 0.29) is 22.4 Å². The van der Waals surface area contributed by atoms with E-state index < -0.39 is 5.82 Å². The molecule has 6 aromatic heterocycles. The molecule has 33 heavy (non-hydrogen) atoms. The number of Topliss-reactive ketones (excluding diaryl/α,β-unsaturated/α-hetero) is 1. The number of imidazole rings is 1. The van der Waals surface area contributed by atoms with Crippen LogP contribution in [0, 0.1) is 5.82 Å². The van der Waals surface area contributed by atoms with Crippen LogP contribution in [0.15, 0.2) is 49.3 Å². The van der Waals surface area contributed by atoms with Crippen LogP contribution in [0.1, 0.15) is 16.6 Å². The minimum Gasteiger partial charge on any atom is -0.335 e. The predicted octanol–water partition coefficient (Wildman–Crippen LogP) is 4.42. The summed E-state index contributed by atoms with van der Waals surface area (Å²) < 4.78 is 15.6. The summed E-state index contributed by atoms with van der Waals surface area (Å²) in [5, 5.41) is 7.18. The van der Waals surface area contributed by atoms with Gasteiger partial charge in [0.15, 0.2) is 22.9 Å². The van der Waals surface area contributed by atoms with Gasteiger partial charge in [-0.05, 0) is 25.1 Å². The van der Waals surface area contributed by atoms with Crippen LogP contribution in [0.5, 0.6) is 0 Å². The van der Waals surface area contributed by atoms with E-state index in [0.717, 1.165) is 10.4 Å². The van der Waals surface area contributed by atoms with Gasteiger partial charge in [0.2, 0.25) is 0 Å². The van der Waals surface area contributed by atoms with Gasteiger partial charge in [0.05, 0.1) is 15.8 Å². The number of rotatable bonds is 4. The van der Waals surface area contributed by atoms with Crippen molar-refractivity contribution >= 4 is 39.3 Å². The van der Waals surface area contributed by atoms with Gasteiger partial charge in [0.1, 0.15) is 17.8 Å². The van der Waals surface area contributed by atoms with Gasteiger partial charge in [-0.25, -0.2) is 29.3 Å². The fraction of sp³-hybridized carbons (Fsp3) is 0.0455. The number of ketones is 1. The van der Waals surface area contributed by atoms with Gasteiger partial charge in [0.25, 0.3) is 0 Å². The Morgan fingerprint density at radius 3 is 2.67 bits per heavy atom. The molecular formula is C22H13FN8OS. The number of thiophene rings is 1. The molecule has 0 aliphatic heterocycles. The van der Waals surface area contributed by atoms with Gasteiger partial charge in [-0.3, -0.25) is 9.89 Å². The zero-order valence-corrected chi connectivity index (χ0v) is 17.8. The van der Waals surface area contributed by atoms with Gasteiger partial charge in [0, 0.05) is 46.4 Å². The number of aromatic amines is 2. The fourth-order valence-electron chi connectivity index (χ4n) is 3.67. The SMILES string of the molecule is CC(=O)c1ccc(-c2ccnc3nc(-c4[nH]nc5ncc(-c6cncnc6)c(F)c45)[nH]c23)s1. The highest BCUT2D eigenvalue weighted by Gasteiger charge is 2.21. The molecule has 0 amide bonds. The molecule has 0 saturated heterocycles. The number of carbonyl (C=O) groups excluding carboxylic acids is 1. The van der Waals surface area contributed by atoms with Crippen LogP contribution in [0.4, 0.5) is 4.39 Å². The Morgan fingerprint density at radius 2 is 1.88 bits per heavy atom. The number of hydrogen-bond acceptors (Lipinski definition) is 8. The van der Waals surface area contributed by atoms with Crippen LogP contribution in [0.2, 0.25) is 0 Å². The van der Waals surface area contributed by atoms with Gasteiger partial charge in [-0.2, -0.15) is 5.10 Å². The molecule has 0 aliphatic carbocycles. The number of nitrogens with zero attached hydrogens (tertiary/aromatic N) is 6. The maximum absolute atomic E-state index is 15.6. The second-order valence-corrected chi connectivity index (χ2v) is 8.36. The van der Waals surface area contributed by atoms with Gasteiger partial charge < -0.3 is 4.98 Å². The Hall–Kier alpha value is -4.38. The summed E-state index contributed by atoms with van der Waals surface area (Å²) in [7, 11) is 0. The number of hydrogen-bond donors (Lipinski definition) is 2. The van der Waals surface area contributed by atoms with E-state index in [2.05, 4.69) is 40.1 Å². The molecule has 6 rings (SSSR count). The van der Waals surface area contributed by atoms with Crippen LogP contribution >= 0.6 is 11.3 Å². The van der Waals surface area contributed by atoms with Gasteiger partial charge in [-0.1, -0.05) is 0 Å². The van der Waals surface area contributed by atoms with Gasteiger partial charge >= 0.3 is 0 Å². The number of nitrogens with one attached hydrogen (secondary N) is 2. The lowest BCUT2D eigenvalue weighted by molar-refractivity contribution is 0.102. The predicted molar refractivity (Wildman–Crippen MR) is 121 cm³/mol. The Bertz CT molecular complexity index is 1670. The maximum atomic E-state index is 15.6. The van der Waals surface area contributed by atoms with Crippen molar-refractivity contribution in [2.75, 3.05) is 0 Å². The highest BCUT2D eigenvalue weighted by Crippen LogP contribution is 2.35. The molecule has 0 saturated carbocycles. The molecule has 0 fully saturated rings. The largest absolute Gasteiger partial charge is 0.335 e. The summed E-state index contributed by atoms with van der Waals surface area (Å²) in [5.41, 5.74) is 3.33. The maximum Gasteiger partial charge on any atom is 0.184 e. The lowest BCUT2D eigenvalue weighted by Crippen LogP contribution is -1.91. The first-order chi connectivity index (χ1) is 16.1. The molecule has 9 nitrogen and oxygen atoms in total. The minimum absolute atomic E-state index is 0.00775. The van der Waals surface area contributed by atoms with E-state index in [1.807, 2.05) is 12.1 Å². The Balaban J connectivity index is 1.52. The average Bonchev–Trinajstić information content (AvgIpc) is 3.57. The molecule has 0 unspecified atom stereocenters. The third-order valence-electron chi connectivity index (χ3n) is 5.24. The zero-order valence-electron chi connectivity index (χ0n) is 17.0. The van der Waals surface area contributed by atoms with Crippen molar-refractivity contribution < 1.29 is 9.18 Å². The van der Waals surface area contributed by atoms with E-state index in [1.54, 1.807) is 12.3 Å². The van der Waals surface area contributed by atoms with Crippen LogP contribution < -0.4 is 0 Å². The Labute approximate surface area is 188 Å². The van der Waals surface area contributed by atoms with E-state index in [1.165, 1.54) is 43.2 Å². The summed E-state index contributed by atoms with van der Waals surface area (Å²) in [4.78, 5) is 37.6. The summed E-state index contributed by atoms with van der Waals surface area (Å²) in [6.45, 7) is 1.54. The molecule has 0 aromatic carbocycles. The van der Waals surface area contributed by atoms with Crippen LogP contribution in [-0.2, 0) is 0 Å². The molecule has 6 heterocycles. The van der Waals surface area contributed by atoms with Crippen LogP contribution in [-0.4, -0.2) is 45.9 Å². The second-order valence-electron chi connectivity index (χ2n) is 7.27. The highest BCUT2D eigenvalue weighted by molar-refractivity contribution is 7.17. The lowest BCUT2D eigenvalue weighted by atomic mass is 10.1. The topological polar surface area (TPSA) is 126 Å². The molecule has 0 atom stereocenters. The van der Waals surface area contributed by atoms with Gasteiger partial charge in [-0.15, -0.1) is 11.3 Å². The third kappa shape index (κ3) is 3.09. The van der Waals surface area contributed by atoms with E-state index in [4.69, 9.17) is 0 Å². The minimum atomic E-state index is -0.503. The molecule has 0 bridgehead atoms. The van der Waals surface area contributed by atoms with Crippen LogP contribution in [0.3, 0.4) is 0 Å². The Morgan fingerprint density at radius 1 is 1.03 bits per heavy atom. The summed E-state index contributed by atoms with van der Waals surface area (Å²) >= 11 is 1.39. The van der Waals surface area contributed by atoms with Crippen molar-refractivity contribution in [1.82, 2.24) is 40.1 Å². The number of halogens is 1. The number of carbonyl (C=O) groups is 1. The standard InChI is InChI=1S/C22H13FN8OS/c1-10(32)14-2-3-15(33-14)12-4-5-26-21-18(12)28-22(29-21)19-16-17(23)13(8-27-20(16)31-30-19)11-6-24-9-25-7-11/h2-9H,1H3,(H,26,28,29)(H,27,30,31). The Kier molecular flexibility index (Phi) is 4.30. The first kappa shape index (κ1) is 19.3. The van der Waals surface area contributed by atoms with Crippen molar-refractivity contribution in [1.29, 1.82) is 0 Å². The zero-order chi connectivity index (χ0) is 22.5. The fourth-order valence-corrected chi connectivity index (χ4v) is 4.60. The number of H-pyrrole nitrogens is 2. The van der Waals surface area contributed by atoms with E-state index >= 15 is 4.39 Å². The normalized spacial score (nSPS) is 11.5. The molecule has 0 spiro atoms. The smallest absolute Gasteiger partial charge is 0.184 e. The number of aromatic nitrogens is 8. The quantitative estimate of drug-likeness (QED) is 0.376. The summed E-state index contributed by atoms with van der Waals surface area (Å²) in [6, 6.07) is 5.53. The molecule has 160 valence electrons. The van der Waals surface area contributed by atoms with Crippen molar-refractivity contribution in [2.45, 2.75) is 6.92 Å². The van der Waals surface area contributed by atoms with E-state index in [9.17, 15) is 4.79 Å². The number of fused-ring (bicyclic) bond motifs is 2. The van der Waals surface area contributed by atoms with Crippen molar-refractivity contribution in [3.05, 3.63) is 60.0 Å². The van der Waals surface area contributed by atoms with Crippen molar-refractivity contribution in [3.8, 4) is 33.1 Å². The molecule has 0 aliphatic rings. The van der Waals surface area contributed by atoms with Crippen molar-refractivity contribution in [2.24, 2.45) is 0 Å². The molecule has 2 N–H and O–H groups in total.